The van der Waals surface area contributed by atoms with Gasteiger partial charge in [-0.1, -0.05) is 11.6 Å². The molecule has 0 aliphatic rings. The van der Waals surface area contributed by atoms with Crippen molar-refractivity contribution >= 4 is 45.6 Å². The fraction of sp³-hybridized carbons (Fsp3) is 0.182. The maximum atomic E-state index is 11.3. The molecule has 0 unspecified atom stereocenters. The highest BCUT2D eigenvalue weighted by atomic mass is 35.5. The minimum atomic E-state index is -0.960. The molecule has 1 N–H and O–H groups in total. The summed E-state index contributed by atoms with van der Waals surface area (Å²) in [6.07, 6.45) is 2.94. The first kappa shape index (κ1) is 14.2. The number of nitrogens with one attached hydrogen (secondary N) is 1. The van der Waals surface area contributed by atoms with Crippen LogP contribution in [0.1, 0.15) is 5.56 Å². The molecule has 19 heavy (non-hydrogen) atoms. The Balaban J connectivity index is 2.23. The second kappa shape index (κ2) is 6.27. The molecule has 0 amide bonds. The summed E-state index contributed by atoms with van der Waals surface area (Å²) in [6.45, 7) is 0. The number of hydrogen-bond donors (Lipinski definition) is 1. The van der Waals surface area contributed by atoms with Gasteiger partial charge in [0.05, 0.1) is 0 Å². The van der Waals surface area contributed by atoms with Crippen LogP contribution < -0.4 is 5.32 Å². The molecule has 1 heterocycles. The SMILES string of the molecule is C[S@](=O)Cc1cc(Nc2ncnc(Cl)n2)ccc1Cl. The van der Waals surface area contributed by atoms with E-state index < -0.39 is 10.8 Å². The molecule has 0 radical (unpaired) electrons. The van der Waals surface area contributed by atoms with Gasteiger partial charge in [0.2, 0.25) is 11.2 Å². The van der Waals surface area contributed by atoms with Crippen molar-refractivity contribution in [3.63, 3.8) is 0 Å². The van der Waals surface area contributed by atoms with Crippen LogP contribution in [0.15, 0.2) is 24.5 Å². The lowest BCUT2D eigenvalue weighted by Gasteiger charge is -2.08. The van der Waals surface area contributed by atoms with Crippen LogP contribution in [0.5, 0.6) is 0 Å². The third-order valence-corrected chi connectivity index (χ3v) is 3.47. The summed E-state index contributed by atoms with van der Waals surface area (Å²) in [6, 6.07) is 5.32. The molecule has 0 bridgehead atoms. The number of aromatic nitrogens is 3. The number of nitrogens with zero attached hydrogens (tertiary/aromatic N) is 3. The van der Waals surface area contributed by atoms with E-state index in [1.54, 1.807) is 24.5 Å². The van der Waals surface area contributed by atoms with Gasteiger partial charge in [-0.2, -0.15) is 4.98 Å². The largest absolute Gasteiger partial charge is 0.324 e. The second-order valence-electron chi connectivity index (χ2n) is 3.73. The van der Waals surface area contributed by atoms with Crippen LogP contribution >= 0.6 is 23.2 Å². The van der Waals surface area contributed by atoms with E-state index in [1.807, 2.05) is 0 Å². The highest BCUT2D eigenvalue weighted by Gasteiger charge is 2.06. The van der Waals surface area contributed by atoms with Gasteiger partial charge in [-0.05, 0) is 35.4 Å². The van der Waals surface area contributed by atoms with Crippen LogP contribution in [0.25, 0.3) is 0 Å². The number of anilines is 2. The molecule has 0 spiro atoms. The second-order valence-corrected chi connectivity index (χ2v) is 5.91. The molecule has 2 rings (SSSR count). The van der Waals surface area contributed by atoms with Crippen molar-refractivity contribution in [1.82, 2.24) is 15.0 Å². The average molecular weight is 317 g/mol. The molecule has 100 valence electrons. The zero-order chi connectivity index (χ0) is 13.8. The van der Waals surface area contributed by atoms with E-state index in [4.69, 9.17) is 23.2 Å². The third-order valence-electron chi connectivity index (χ3n) is 2.20. The molecule has 5 nitrogen and oxygen atoms in total. The maximum Gasteiger partial charge on any atom is 0.231 e. The Morgan fingerprint density at radius 1 is 1.32 bits per heavy atom. The first-order valence-electron chi connectivity index (χ1n) is 5.24. The van der Waals surface area contributed by atoms with Crippen molar-refractivity contribution in [2.24, 2.45) is 0 Å². The van der Waals surface area contributed by atoms with Crippen molar-refractivity contribution in [2.75, 3.05) is 11.6 Å². The Labute approximate surface area is 122 Å². The van der Waals surface area contributed by atoms with Gasteiger partial charge in [0.1, 0.15) is 6.33 Å². The molecular weight excluding hydrogens is 307 g/mol. The Morgan fingerprint density at radius 2 is 2.11 bits per heavy atom. The zero-order valence-corrected chi connectivity index (χ0v) is 12.3. The molecule has 0 aliphatic heterocycles. The summed E-state index contributed by atoms with van der Waals surface area (Å²) < 4.78 is 11.3. The fourth-order valence-corrected chi connectivity index (χ4v) is 2.51. The Hall–Kier alpha value is -1.24. The summed E-state index contributed by atoms with van der Waals surface area (Å²) in [5.74, 6) is 0.734. The highest BCUT2D eigenvalue weighted by molar-refractivity contribution is 7.83. The number of halogens is 2. The lowest BCUT2D eigenvalue weighted by atomic mass is 10.2. The number of benzene rings is 1. The van der Waals surface area contributed by atoms with E-state index in [1.165, 1.54) is 6.33 Å². The average Bonchev–Trinajstić information content (AvgIpc) is 2.33. The van der Waals surface area contributed by atoms with Gasteiger partial charge in [-0.3, -0.25) is 4.21 Å². The predicted molar refractivity (Wildman–Crippen MR) is 77.3 cm³/mol. The summed E-state index contributed by atoms with van der Waals surface area (Å²) in [7, 11) is -0.960. The topological polar surface area (TPSA) is 67.8 Å². The van der Waals surface area contributed by atoms with Crippen LogP contribution in [0.3, 0.4) is 0 Å². The van der Waals surface area contributed by atoms with E-state index in [-0.39, 0.29) is 5.28 Å². The van der Waals surface area contributed by atoms with E-state index in [2.05, 4.69) is 20.3 Å². The van der Waals surface area contributed by atoms with Crippen LogP contribution in [0.4, 0.5) is 11.6 Å². The van der Waals surface area contributed by atoms with Crippen LogP contribution in [-0.2, 0) is 16.6 Å². The first-order chi connectivity index (χ1) is 9.04. The lowest BCUT2D eigenvalue weighted by molar-refractivity contribution is 0.686. The van der Waals surface area contributed by atoms with E-state index in [0.29, 0.717) is 16.7 Å². The third kappa shape index (κ3) is 4.12. The van der Waals surface area contributed by atoms with E-state index in [9.17, 15) is 4.21 Å². The molecule has 2 aromatic rings. The van der Waals surface area contributed by atoms with Crippen molar-refractivity contribution in [3.05, 3.63) is 40.4 Å². The summed E-state index contributed by atoms with van der Waals surface area (Å²) in [5.41, 5.74) is 1.54. The van der Waals surface area contributed by atoms with Gasteiger partial charge in [0.15, 0.2) is 0 Å². The highest BCUT2D eigenvalue weighted by Crippen LogP contribution is 2.23. The van der Waals surface area contributed by atoms with Crippen LogP contribution in [0.2, 0.25) is 10.3 Å². The lowest BCUT2D eigenvalue weighted by Crippen LogP contribution is -2.00. The molecule has 0 saturated heterocycles. The molecular formula is C11H10Cl2N4OS. The molecule has 1 atom stereocenters. The molecule has 1 aromatic carbocycles. The van der Waals surface area contributed by atoms with E-state index >= 15 is 0 Å². The standard InChI is InChI=1S/C11H10Cl2N4OS/c1-19(18)5-7-4-8(2-3-9(7)12)16-11-15-6-14-10(13)17-11/h2-4,6H,5H2,1H3,(H,14,15,16,17)/t19-/m0/s1. The van der Waals surface area contributed by atoms with Crippen LogP contribution in [0, 0.1) is 0 Å². The normalized spacial score (nSPS) is 12.2. The minimum Gasteiger partial charge on any atom is -0.324 e. The summed E-state index contributed by atoms with van der Waals surface area (Å²) >= 11 is 11.7. The number of rotatable bonds is 4. The van der Waals surface area contributed by atoms with E-state index in [0.717, 1.165) is 11.3 Å². The Morgan fingerprint density at radius 3 is 2.79 bits per heavy atom. The smallest absolute Gasteiger partial charge is 0.231 e. The molecule has 1 aromatic heterocycles. The Kier molecular flexibility index (Phi) is 4.68. The maximum absolute atomic E-state index is 11.3. The number of hydrogen-bond acceptors (Lipinski definition) is 5. The first-order valence-corrected chi connectivity index (χ1v) is 7.73. The van der Waals surface area contributed by atoms with Gasteiger partial charge >= 0.3 is 0 Å². The predicted octanol–water partition coefficient (Wildman–Crippen LogP) is 2.80. The van der Waals surface area contributed by atoms with Gasteiger partial charge < -0.3 is 5.32 Å². The molecule has 0 aliphatic carbocycles. The van der Waals surface area contributed by atoms with Gasteiger partial charge in [-0.25, -0.2) is 9.97 Å². The Bertz CT molecular complexity index is 623. The quantitative estimate of drug-likeness (QED) is 0.939. The van der Waals surface area contributed by atoms with Gasteiger partial charge in [0.25, 0.3) is 0 Å². The monoisotopic (exact) mass is 316 g/mol. The molecule has 0 saturated carbocycles. The van der Waals surface area contributed by atoms with Crippen molar-refractivity contribution in [2.45, 2.75) is 5.75 Å². The minimum absolute atomic E-state index is 0.112. The molecule has 8 heteroatoms. The van der Waals surface area contributed by atoms with Crippen molar-refractivity contribution in [3.8, 4) is 0 Å². The van der Waals surface area contributed by atoms with Crippen molar-refractivity contribution < 1.29 is 4.21 Å². The molecule has 0 fully saturated rings. The summed E-state index contributed by atoms with van der Waals surface area (Å²) in [4.78, 5) is 11.6. The van der Waals surface area contributed by atoms with Gasteiger partial charge in [-0.15, -0.1) is 0 Å². The van der Waals surface area contributed by atoms with Crippen LogP contribution in [-0.4, -0.2) is 25.4 Å². The van der Waals surface area contributed by atoms with Gasteiger partial charge in [0, 0.05) is 33.5 Å². The zero-order valence-electron chi connectivity index (χ0n) is 9.93. The fourth-order valence-electron chi connectivity index (χ4n) is 1.45. The van der Waals surface area contributed by atoms with Crippen molar-refractivity contribution in [1.29, 1.82) is 0 Å². The summed E-state index contributed by atoms with van der Waals surface area (Å²) in [5, 5.41) is 3.67.